The van der Waals surface area contributed by atoms with Gasteiger partial charge in [0.2, 0.25) is 0 Å². The summed E-state index contributed by atoms with van der Waals surface area (Å²) >= 11 is 0. The Morgan fingerprint density at radius 3 is 0.333 bits per heavy atom. The van der Waals surface area contributed by atoms with Crippen molar-refractivity contribution in [3.63, 3.8) is 0 Å². The van der Waals surface area contributed by atoms with E-state index < -0.39 is 0 Å². The summed E-state index contributed by atoms with van der Waals surface area (Å²) in [6.07, 6.45) is 0. The zero-order chi connectivity index (χ0) is 0. The largest absolute Gasteiger partial charge is 2.00 e. The Kier molecular flexibility index (Phi) is 3140. The maximum absolute atomic E-state index is 0. The zero-order valence-corrected chi connectivity index (χ0v) is 17.0. The van der Waals surface area contributed by atoms with Gasteiger partial charge in [-0.1, -0.05) is 0 Å². The van der Waals surface area contributed by atoms with E-state index in [1.807, 2.05) is 0 Å². The van der Waals surface area contributed by atoms with Crippen LogP contribution in [0.3, 0.4) is 0 Å². The topological polar surface area (TPSA) is 240 Å². The van der Waals surface area contributed by atoms with Crippen LogP contribution in [0, 0.1) is 0 Å². The van der Waals surface area contributed by atoms with E-state index in [1.165, 1.54) is 0 Å². The van der Waals surface area contributed by atoms with Crippen LogP contribution in [0.4, 0.5) is 0 Å². The molecule has 8 nitrogen and oxygen atoms in total. The van der Waals surface area contributed by atoms with Crippen molar-refractivity contribution in [3.05, 3.63) is 0 Å². The van der Waals surface area contributed by atoms with Crippen molar-refractivity contribution in [1.82, 2.24) is 0 Å². The molecule has 0 aliphatic heterocycles. The molecule has 8 N–H and O–H groups in total. The minimum atomic E-state index is 0. The van der Waals surface area contributed by atoms with Crippen molar-refractivity contribution in [2.75, 3.05) is 0 Å². The van der Waals surface area contributed by atoms with Crippen LogP contribution in [-0.4, -0.2) is 138 Å². The van der Waals surface area contributed by atoms with Crippen molar-refractivity contribution in [1.29, 1.82) is 0 Å². The molecule has 0 amide bonds. The summed E-state index contributed by atoms with van der Waals surface area (Å²) in [6, 6.07) is 0. The standard InChI is InChI=1S/Ba.8H2O.Sr.2Ti/h;8*1H2;;;/q+2;;;;;;;;;+2;;/p-8. The van der Waals surface area contributed by atoms with Gasteiger partial charge in [0.15, 0.2) is 0 Å². The van der Waals surface area contributed by atoms with Gasteiger partial charge in [-0.05, 0) is 0 Å². The van der Waals surface area contributed by atoms with E-state index in [9.17, 15) is 0 Å². The van der Waals surface area contributed by atoms with Gasteiger partial charge < -0.3 is 43.8 Å². The monoisotopic (exact) mass is 458 g/mol. The van der Waals surface area contributed by atoms with E-state index in [2.05, 4.69) is 0 Å². The molecule has 12 heavy (non-hydrogen) atoms. The van der Waals surface area contributed by atoms with Crippen molar-refractivity contribution in [2.24, 2.45) is 0 Å². The van der Waals surface area contributed by atoms with Gasteiger partial charge in [-0.2, -0.15) is 0 Å². The fraction of sp³-hybridized carbons (Fsp3) is 0. The molecule has 0 aliphatic carbocycles. The molecular weight excluding hydrogens is 449 g/mol. The molecule has 0 spiro atoms. The molecule has 0 aromatic rings. The first-order valence-corrected chi connectivity index (χ1v) is 0. The molecule has 0 fully saturated rings. The SMILES string of the molecule is [Ba+2].[OH-].[OH-].[OH-].[OH-].[OH-].[OH-].[OH-].[OH-].[Sr+2].[Ti].[Ti]. The molecule has 0 aliphatic rings. The molecule has 12 heteroatoms. The Balaban J connectivity index is 0. The molecule has 0 heterocycles. The van der Waals surface area contributed by atoms with E-state index in [-0.39, 0.29) is 182 Å². The van der Waals surface area contributed by atoms with Crippen LogP contribution in [0.1, 0.15) is 0 Å². The first-order valence-electron chi connectivity index (χ1n) is 0. The zero-order valence-electron chi connectivity index (χ0n) is 5.99. The first kappa shape index (κ1) is 215. The van der Waals surface area contributed by atoms with Gasteiger partial charge in [0, 0.05) is 43.4 Å². The fourth-order valence-electron chi connectivity index (χ4n) is 0. The van der Waals surface area contributed by atoms with Crippen molar-refractivity contribution in [2.45, 2.75) is 0 Å². The molecule has 0 aromatic carbocycles. The van der Waals surface area contributed by atoms with Gasteiger partial charge in [-0.3, -0.25) is 0 Å². The predicted molar refractivity (Wildman–Crippen MR) is 27.0 cm³/mol. The van der Waals surface area contributed by atoms with Gasteiger partial charge in [0.1, 0.15) is 0 Å². The molecule has 0 saturated heterocycles. The Morgan fingerprint density at radius 2 is 0.333 bits per heavy atom. The first-order chi connectivity index (χ1) is 0. The molecule has 0 radical (unpaired) electrons. The quantitative estimate of drug-likeness (QED) is 0.361. The summed E-state index contributed by atoms with van der Waals surface area (Å²) in [4.78, 5) is 0. The summed E-state index contributed by atoms with van der Waals surface area (Å²) in [6.45, 7) is 0. The average Bonchev–Trinajstić information content (AvgIpc) is 0. The predicted octanol–water partition coefficient (Wildman–Crippen LogP) is -2.18. The average molecular weight is 457 g/mol. The van der Waals surface area contributed by atoms with Crippen LogP contribution in [-0.2, 0) is 43.4 Å². The summed E-state index contributed by atoms with van der Waals surface area (Å²) in [7, 11) is 0. The summed E-state index contributed by atoms with van der Waals surface area (Å²) in [5.74, 6) is 0. The normalized spacial score (nSPS) is 0. The minimum Gasteiger partial charge on any atom is -0.870 e. The van der Waals surface area contributed by atoms with Gasteiger partial charge >= 0.3 is 94.4 Å². The number of rotatable bonds is 0. The van der Waals surface area contributed by atoms with Crippen LogP contribution >= 0.6 is 0 Å². The number of hydrogen-bond acceptors (Lipinski definition) is 8. The van der Waals surface area contributed by atoms with Crippen LogP contribution in [0.15, 0.2) is 0 Å². The van der Waals surface area contributed by atoms with Gasteiger partial charge in [0.25, 0.3) is 0 Å². The summed E-state index contributed by atoms with van der Waals surface area (Å²) in [5.41, 5.74) is 0. The Hall–Kier alpha value is 4.16. The maximum Gasteiger partial charge on any atom is 2.00 e. The summed E-state index contributed by atoms with van der Waals surface area (Å²) < 4.78 is 0. The second kappa shape index (κ2) is 176. The van der Waals surface area contributed by atoms with Crippen LogP contribution < -0.4 is 0 Å². The van der Waals surface area contributed by atoms with E-state index >= 15 is 0 Å². The van der Waals surface area contributed by atoms with E-state index in [0.29, 0.717) is 0 Å². The third-order valence-electron chi connectivity index (χ3n) is 0. The summed E-state index contributed by atoms with van der Waals surface area (Å²) in [5, 5.41) is 0. The molecule has 72 valence electrons. The van der Waals surface area contributed by atoms with Gasteiger partial charge in [-0.15, -0.1) is 0 Å². The molecule has 0 bridgehead atoms. The Labute approximate surface area is 177 Å². The van der Waals surface area contributed by atoms with Crippen LogP contribution in [0.2, 0.25) is 0 Å². The molecule has 0 saturated carbocycles. The van der Waals surface area contributed by atoms with E-state index in [1.54, 1.807) is 0 Å². The molecular formula is H8BaO8SrTi2-4. The van der Waals surface area contributed by atoms with Crippen molar-refractivity contribution >= 4 is 94.4 Å². The third-order valence-corrected chi connectivity index (χ3v) is 0. The Morgan fingerprint density at radius 1 is 0.333 bits per heavy atom. The third kappa shape index (κ3) is 142. The van der Waals surface area contributed by atoms with E-state index in [0.717, 1.165) is 0 Å². The van der Waals surface area contributed by atoms with Crippen molar-refractivity contribution in [3.8, 4) is 0 Å². The van der Waals surface area contributed by atoms with Crippen molar-refractivity contribution < 1.29 is 87.2 Å². The fourth-order valence-corrected chi connectivity index (χ4v) is 0. The molecule has 0 rings (SSSR count). The minimum absolute atomic E-state index is 0. The smallest absolute Gasteiger partial charge is 0.870 e. The van der Waals surface area contributed by atoms with Gasteiger partial charge in [0.05, 0.1) is 0 Å². The molecule has 0 aromatic heterocycles. The second-order valence-electron chi connectivity index (χ2n) is 0. The Bertz CT molecular complexity index is 17.0. The van der Waals surface area contributed by atoms with Gasteiger partial charge in [-0.25, -0.2) is 0 Å². The second-order valence-corrected chi connectivity index (χ2v) is 0. The van der Waals surface area contributed by atoms with E-state index in [4.69, 9.17) is 0 Å². The maximum atomic E-state index is 0. The molecule has 0 unspecified atom stereocenters. The van der Waals surface area contributed by atoms with Crippen LogP contribution in [0.5, 0.6) is 0 Å². The van der Waals surface area contributed by atoms with Crippen LogP contribution in [0.25, 0.3) is 0 Å². The number of hydrogen-bond donors (Lipinski definition) is 0. The molecule has 0 atom stereocenters.